The van der Waals surface area contributed by atoms with Gasteiger partial charge in [0.1, 0.15) is 54.6 Å². The van der Waals surface area contributed by atoms with E-state index in [1.807, 2.05) is 16.0 Å². The van der Waals surface area contributed by atoms with Crippen LogP contribution in [0.4, 0.5) is 14.4 Å². The van der Waals surface area contributed by atoms with Crippen molar-refractivity contribution in [3.63, 3.8) is 0 Å². The summed E-state index contributed by atoms with van der Waals surface area (Å²) in [6.07, 6.45) is -2.70. The maximum absolute atomic E-state index is 14.9. The first-order chi connectivity index (χ1) is 56.2. The summed E-state index contributed by atoms with van der Waals surface area (Å²) >= 11 is 5.96. The lowest BCUT2D eigenvalue weighted by molar-refractivity contribution is -0.162. The number of alkyl carbamates (subject to hydrolysis) is 3. The van der Waals surface area contributed by atoms with Gasteiger partial charge in [-0.15, -0.1) is 11.6 Å². The van der Waals surface area contributed by atoms with Crippen molar-refractivity contribution in [2.24, 2.45) is 16.2 Å². The zero-order valence-corrected chi connectivity index (χ0v) is 71.0. The average Bonchev–Trinajstić information content (AvgIpc) is 0.839. The van der Waals surface area contributed by atoms with Crippen molar-refractivity contribution in [1.29, 1.82) is 0 Å². The third-order valence-electron chi connectivity index (χ3n) is 17.7. The number of hydrogen-bond donors (Lipinski definition) is 18. The van der Waals surface area contributed by atoms with Gasteiger partial charge in [-0.3, -0.25) is 62.3 Å². The number of carbonyl (C=O) groups is 18. The summed E-state index contributed by atoms with van der Waals surface area (Å²) in [6, 6.07) is -18.1. The molecule has 0 saturated carbocycles. The number of aliphatic hydroxyl groups excluding tert-OH is 4. The first-order valence-electron chi connectivity index (χ1n) is 39.7. The number of aliphatic hydroxyl groups is 4. The number of ether oxygens (including phenoxy) is 7. The maximum atomic E-state index is 14.9. The number of aliphatic carboxylic acids is 2. The number of allylic oxidation sites excluding steroid dienone is 1. The van der Waals surface area contributed by atoms with E-state index in [2.05, 4.69) is 54.8 Å². The number of nitrogens with one attached hydrogen (secondary N) is 12. The summed E-state index contributed by atoms with van der Waals surface area (Å²) < 4.78 is 35.0. The van der Waals surface area contributed by atoms with Gasteiger partial charge in [0, 0.05) is 19.6 Å². The van der Waals surface area contributed by atoms with Gasteiger partial charge in [-0.05, 0) is 115 Å². The Morgan fingerprint density at radius 3 is 1.32 bits per heavy atom. The Bertz CT molecular complexity index is 3440. The molecule has 0 aromatic rings. The minimum atomic E-state index is -2.96. The molecule has 0 aromatic heterocycles. The Morgan fingerprint density at radius 2 is 0.900 bits per heavy atom. The largest absolute Gasteiger partial charge is 0.481 e. The molecule has 120 heavy (non-hydrogen) atoms. The molecule has 1 saturated heterocycles. The standard InChI is InChI=1S/C76H125ClN12O31/c1-13-15-16-17-18-19-20-21-22-23-24-25-26-29-44(91)36-52(93)81-50-39-114-67(107)55(51(92)38-77)88-65(104)56(57(96)66(105)106)89-58(97)45(14-2)82-64(103)54(43(3)90)87-61(100)48(32-35-80-73(113)120-42-117-70(110)76(10,11)12)84-59(98)46(30-27-28-33-78-71(111)118-40-115-68(108)74(4,5)6)83-62(101)49(37-53(94)95)86-60(99)47(85-63(50)102)31-34-79-72(112)119-41-116-69(109)75(7,8)9/h14,43-44,46-51,54-57,90-92,96H,13,15-42H2,1-12H3,(H,78,111)(H,79,112)(H,80,113)(H,81,93)(H,82,103)(H,83,101)(H,84,98)(H,85,102)(H,86,99)(H,87,100)(H,88,104)(H,89,97)(H,94,95)(H,105,106)/b45-14+/t43-,44+,46+,47-,48+,49+,50+,51-,54+,55+,56+,57+/m1/s1. The number of carboxylic acids is 2. The Hall–Kier alpha value is -10.3. The monoisotopic (exact) mass is 1740 g/mol. The predicted molar refractivity (Wildman–Crippen MR) is 421 cm³/mol. The third kappa shape index (κ3) is 44.7. The van der Waals surface area contributed by atoms with Crippen LogP contribution in [0, 0.1) is 16.2 Å². The van der Waals surface area contributed by atoms with Crippen LogP contribution in [0.5, 0.6) is 0 Å². The molecule has 0 spiro atoms. The van der Waals surface area contributed by atoms with Gasteiger partial charge >= 0.3 is 54.1 Å². The summed E-state index contributed by atoms with van der Waals surface area (Å²) in [5.41, 5.74) is -3.99. The van der Waals surface area contributed by atoms with E-state index in [4.69, 9.17) is 44.8 Å². The fraction of sp³-hybridized carbons (Fsp3) is 0.737. The van der Waals surface area contributed by atoms with Crippen molar-refractivity contribution in [2.75, 3.05) is 52.5 Å². The van der Waals surface area contributed by atoms with Gasteiger partial charge in [0.15, 0.2) is 12.1 Å². The Kier molecular flexibility index (Phi) is 50.5. The summed E-state index contributed by atoms with van der Waals surface area (Å²) in [5, 5.41) is 90.5. The minimum Gasteiger partial charge on any atom is -0.481 e. The number of carboxylic acid groups (broad SMARTS) is 2. The number of amides is 12. The lowest BCUT2D eigenvalue weighted by Crippen LogP contribution is -2.62. The highest BCUT2D eigenvalue weighted by atomic mass is 35.5. The minimum absolute atomic E-state index is 0.0694. The van der Waals surface area contributed by atoms with Gasteiger partial charge in [-0.2, -0.15) is 0 Å². The highest BCUT2D eigenvalue weighted by Gasteiger charge is 2.42. The van der Waals surface area contributed by atoms with Gasteiger partial charge in [-0.25, -0.2) is 24.0 Å². The number of halogens is 1. The number of unbranched alkanes of at least 4 members (excludes halogenated alkanes) is 13. The summed E-state index contributed by atoms with van der Waals surface area (Å²) in [4.78, 5) is 245. The second kappa shape index (κ2) is 56.3. The molecule has 1 rings (SSSR count). The molecule has 12 amide bonds. The van der Waals surface area contributed by atoms with Crippen molar-refractivity contribution < 1.29 is 150 Å². The van der Waals surface area contributed by atoms with Crippen LogP contribution in [0.2, 0.25) is 0 Å². The number of esters is 4. The van der Waals surface area contributed by atoms with Gasteiger partial charge in [0.05, 0.1) is 53.3 Å². The van der Waals surface area contributed by atoms with Crippen LogP contribution in [0.15, 0.2) is 11.8 Å². The third-order valence-corrected chi connectivity index (χ3v) is 18.0. The summed E-state index contributed by atoms with van der Waals surface area (Å²) in [6.45, 7) is 12.1. The molecule has 682 valence electrons. The van der Waals surface area contributed by atoms with Crippen LogP contribution in [-0.4, -0.2) is 263 Å². The van der Waals surface area contributed by atoms with Crippen molar-refractivity contribution in [3.8, 4) is 0 Å². The van der Waals surface area contributed by atoms with Crippen LogP contribution < -0.4 is 63.8 Å². The highest BCUT2D eigenvalue weighted by Crippen LogP contribution is 2.20. The average molecular weight is 1740 g/mol. The molecule has 1 aliphatic rings. The fourth-order valence-corrected chi connectivity index (χ4v) is 10.8. The molecular weight excluding hydrogens is 1610 g/mol. The molecule has 1 heterocycles. The first-order valence-corrected chi connectivity index (χ1v) is 40.2. The predicted octanol–water partition coefficient (Wildman–Crippen LogP) is 0.344. The lowest BCUT2D eigenvalue weighted by Gasteiger charge is -2.29. The molecule has 43 nitrogen and oxygen atoms in total. The van der Waals surface area contributed by atoms with Gasteiger partial charge < -0.3 is 128 Å². The molecule has 1 aliphatic heterocycles. The highest BCUT2D eigenvalue weighted by molar-refractivity contribution is 6.18. The number of cyclic esters (lactones) is 1. The molecule has 18 N–H and O–H groups in total. The summed E-state index contributed by atoms with van der Waals surface area (Å²) in [5.74, 6) is -22.4. The molecule has 0 unspecified atom stereocenters. The SMILES string of the molecule is C/C=C1/NC(=O)[C@H]([C@@H](C)O)NC(=O)[C@H](CCNC(=O)OCOC(=O)C(C)(C)C)NC(=O)[C@H](CCCCNC(=O)OCOC(=O)C(C)(C)C)NC(=O)[C@H](CC(=O)O)NC(=O)[C@@H](CCNC(=O)OCOC(=O)C(C)(C)C)NC(=O)[C@@H](NC(=O)C[C@@H](O)CCCCCCCCCCCCCCC)COC(=O)[C@H]([C@H](O)CCl)NC(=O)[C@H]([C@H](O)C(=O)O)NC1=O. The number of carbonyl (C=O) groups excluding carboxylic acids is 16. The van der Waals surface area contributed by atoms with E-state index in [-0.39, 0.29) is 25.8 Å². The molecule has 0 bridgehead atoms. The van der Waals surface area contributed by atoms with E-state index in [9.17, 15) is 117 Å². The second-order valence-electron chi connectivity index (χ2n) is 31.4. The van der Waals surface area contributed by atoms with Gasteiger partial charge in [-0.1, -0.05) is 96.5 Å². The molecule has 0 aliphatic carbocycles. The van der Waals surface area contributed by atoms with E-state index in [0.717, 1.165) is 64.9 Å². The molecule has 44 heteroatoms. The Labute approximate surface area is 701 Å². The number of alkyl halides is 1. The Balaban J connectivity index is 4.39. The van der Waals surface area contributed by atoms with Gasteiger partial charge in [0.25, 0.3) is 5.91 Å². The van der Waals surface area contributed by atoms with Crippen LogP contribution >= 0.6 is 11.6 Å². The van der Waals surface area contributed by atoms with Crippen LogP contribution in [0.25, 0.3) is 0 Å². The van der Waals surface area contributed by atoms with Crippen molar-refractivity contribution in [1.82, 2.24) is 63.8 Å². The molecule has 0 radical (unpaired) electrons. The van der Waals surface area contributed by atoms with E-state index in [0.29, 0.717) is 12.8 Å². The molecule has 0 aromatic carbocycles. The zero-order chi connectivity index (χ0) is 91.0. The zero-order valence-electron chi connectivity index (χ0n) is 70.3. The lowest BCUT2D eigenvalue weighted by atomic mass is 9.97. The van der Waals surface area contributed by atoms with Crippen molar-refractivity contribution in [2.45, 2.75) is 291 Å². The van der Waals surface area contributed by atoms with Crippen LogP contribution in [0.1, 0.15) is 218 Å². The van der Waals surface area contributed by atoms with E-state index >= 15 is 0 Å². The first kappa shape index (κ1) is 108. The second-order valence-corrected chi connectivity index (χ2v) is 31.7. The van der Waals surface area contributed by atoms with Gasteiger partial charge in [0.2, 0.25) is 67.6 Å². The van der Waals surface area contributed by atoms with E-state index < -0.39 is 280 Å². The smallest absolute Gasteiger partial charge is 0.410 e. The van der Waals surface area contributed by atoms with Crippen LogP contribution in [0.3, 0.4) is 0 Å². The van der Waals surface area contributed by atoms with Crippen LogP contribution in [-0.2, 0) is 105 Å². The quantitative estimate of drug-likeness (QED) is 0.00980. The van der Waals surface area contributed by atoms with E-state index in [1.165, 1.54) is 67.2 Å². The molecular formula is C76H125ClN12O31. The van der Waals surface area contributed by atoms with E-state index in [1.54, 1.807) is 20.8 Å². The Morgan fingerprint density at radius 1 is 0.492 bits per heavy atom. The number of rotatable bonds is 41. The van der Waals surface area contributed by atoms with Crippen molar-refractivity contribution in [3.05, 3.63) is 11.8 Å². The topological polar surface area (TPSA) is 638 Å². The fourth-order valence-electron chi connectivity index (χ4n) is 10.6. The summed E-state index contributed by atoms with van der Waals surface area (Å²) in [7, 11) is 0. The molecule has 1 fully saturated rings. The number of hydrogen-bond acceptors (Lipinski definition) is 29. The normalized spacial score (nSPS) is 20.6. The molecule has 12 atom stereocenters. The van der Waals surface area contributed by atoms with Crippen molar-refractivity contribution >= 4 is 119 Å². The maximum Gasteiger partial charge on any atom is 0.410 e.